The molecule has 0 radical (unpaired) electrons. The van der Waals surface area contributed by atoms with Crippen molar-refractivity contribution in [1.29, 1.82) is 0 Å². The number of hydrogen-bond donors (Lipinski definition) is 0. The van der Waals surface area contributed by atoms with Gasteiger partial charge in [-0.3, -0.25) is 9.69 Å². The molecule has 7 heteroatoms. The van der Waals surface area contributed by atoms with Crippen LogP contribution in [-0.2, 0) is 14.3 Å². The standard InChI is InChI=1S/C25H27NO6/c1-6-31-19-10-8-18(9-11-19)26-16(3)23(25(28)32-7-2)21(24(26)27)15-17-14-20(29-4)12-13-22(17)30-5/h8-15H,6-7H2,1-5H3/b21-15-. The summed E-state index contributed by atoms with van der Waals surface area (Å²) in [7, 11) is 3.10. The molecule has 0 spiro atoms. The Bertz CT molecular complexity index is 1070. The third kappa shape index (κ3) is 4.46. The zero-order chi connectivity index (χ0) is 23.3. The van der Waals surface area contributed by atoms with Gasteiger partial charge in [-0.05, 0) is 69.3 Å². The zero-order valence-corrected chi connectivity index (χ0v) is 18.9. The lowest BCUT2D eigenvalue weighted by molar-refractivity contribution is -0.138. The van der Waals surface area contributed by atoms with Gasteiger partial charge in [0.25, 0.3) is 5.91 Å². The number of rotatable bonds is 8. The van der Waals surface area contributed by atoms with Crippen LogP contribution < -0.4 is 19.1 Å². The van der Waals surface area contributed by atoms with Gasteiger partial charge in [0.15, 0.2) is 0 Å². The van der Waals surface area contributed by atoms with Crippen molar-refractivity contribution in [2.75, 3.05) is 32.3 Å². The van der Waals surface area contributed by atoms with E-state index in [0.717, 1.165) is 0 Å². The number of hydrogen-bond acceptors (Lipinski definition) is 6. The summed E-state index contributed by atoms with van der Waals surface area (Å²) in [5.41, 5.74) is 2.17. The molecule has 0 bridgehead atoms. The quantitative estimate of drug-likeness (QED) is 0.451. The molecule has 3 rings (SSSR count). The summed E-state index contributed by atoms with van der Waals surface area (Å²) in [6, 6.07) is 12.4. The molecule has 1 heterocycles. The van der Waals surface area contributed by atoms with Crippen LogP contribution in [0.15, 0.2) is 59.3 Å². The van der Waals surface area contributed by atoms with Crippen LogP contribution in [0.4, 0.5) is 5.69 Å². The van der Waals surface area contributed by atoms with Gasteiger partial charge >= 0.3 is 5.97 Å². The minimum absolute atomic E-state index is 0.197. The molecule has 1 amide bonds. The second-order valence-electron chi connectivity index (χ2n) is 6.91. The number of allylic oxidation sites excluding steroid dienone is 1. The first kappa shape index (κ1) is 22.9. The second-order valence-corrected chi connectivity index (χ2v) is 6.91. The molecular weight excluding hydrogens is 410 g/mol. The van der Waals surface area contributed by atoms with Crippen LogP contribution in [0.25, 0.3) is 6.08 Å². The van der Waals surface area contributed by atoms with Crippen LogP contribution in [0, 0.1) is 0 Å². The molecule has 1 aliphatic rings. The normalized spacial score (nSPS) is 14.7. The Morgan fingerprint density at radius 3 is 2.25 bits per heavy atom. The number of methoxy groups -OCH3 is 2. The summed E-state index contributed by atoms with van der Waals surface area (Å²) in [4.78, 5) is 27.8. The Morgan fingerprint density at radius 2 is 1.66 bits per heavy atom. The number of nitrogens with zero attached hydrogens (tertiary/aromatic N) is 1. The highest BCUT2D eigenvalue weighted by Crippen LogP contribution is 2.37. The number of esters is 1. The number of amides is 1. The molecule has 7 nitrogen and oxygen atoms in total. The number of benzene rings is 2. The zero-order valence-electron chi connectivity index (χ0n) is 18.9. The summed E-state index contributed by atoms with van der Waals surface area (Å²) >= 11 is 0. The van der Waals surface area contributed by atoms with Gasteiger partial charge in [-0.15, -0.1) is 0 Å². The van der Waals surface area contributed by atoms with Crippen molar-refractivity contribution in [3.05, 3.63) is 64.9 Å². The minimum atomic E-state index is -0.556. The highest BCUT2D eigenvalue weighted by molar-refractivity contribution is 6.24. The molecule has 168 valence electrons. The fourth-order valence-corrected chi connectivity index (χ4v) is 3.56. The van der Waals surface area contributed by atoms with E-state index in [2.05, 4.69) is 0 Å². The SMILES string of the molecule is CCOC(=O)C1=C(C)N(c2ccc(OCC)cc2)C(=O)/C1=C\c1cc(OC)ccc1OC. The van der Waals surface area contributed by atoms with Crippen molar-refractivity contribution in [2.24, 2.45) is 0 Å². The molecule has 0 unspecified atom stereocenters. The average Bonchev–Trinajstić information content (AvgIpc) is 3.04. The molecule has 32 heavy (non-hydrogen) atoms. The van der Waals surface area contributed by atoms with Crippen LogP contribution in [0.1, 0.15) is 26.3 Å². The van der Waals surface area contributed by atoms with Gasteiger partial charge in [-0.25, -0.2) is 4.79 Å². The molecule has 1 aliphatic heterocycles. The van der Waals surface area contributed by atoms with Gasteiger partial charge in [0.05, 0.1) is 38.6 Å². The first-order chi connectivity index (χ1) is 15.4. The predicted molar refractivity (Wildman–Crippen MR) is 122 cm³/mol. The van der Waals surface area contributed by atoms with Crippen molar-refractivity contribution in [2.45, 2.75) is 20.8 Å². The van der Waals surface area contributed by atoms with Gasteiger partial charge in [0, 0.05) is 16.9 Å². The van der Waals surface area contributed by atoms with E-state index in [1.807, 2.05) is 6.92 Å². The van der Waals surface area contributed by atoms with E-state index in [4.69, 9.17) is 18.9 Å². The lowest BCUT2D eigenvalue weighted by Crippen LogP contribution is -2.24. The molecule has 0 N–H and O–H groups in total. The summed E-state index contributed by atoms with van der Waals surface area (Å²) in [6.07, 6.45) is 1.63. The number of carbonyl (C=O) groups excluding carboxylic acids is 2. The average molecular weight is 437 g/mol. The van der Waals surface area contributed by atoms with E-state index < -0.39 is 5.97 Å². The van der Waals surface area contributed by atoms with Crippen LogP contribution in [0.5, 0.6) is 17.2 Å². The predicted octanol–water partition coefficient (Wildman–Crippen LogP) is 4.37. The molecule has 0 fully saturated rings. The number of carbonyl (C=O) groups is 2. The second kappa shape index (κ2) is 10.0. The lowest BCUT2D eigenvalue weighted by Gasteiger charge is -2.18. The third-order valence-electron chi connectivity index (χ3n) is 5.02. The lowest BCUT2D eigenvalue weighted by atomic mass is 10.0. The van der Waals surface area contributed by atoms with E-state index in [9.17, 15) is 9.59 Å². The molecular formula is C25H27NO6. The minimum Gasteiger partial charge on any atom is -0.497 e. The molecule has 2 aromatic carbocycles. The van der Waals surface area contributed by atoms with Crippen LogP contribution in [0.2, 0.25) is 0 Å². The Kier molecular flexibility index (Phi) is 7.20. The Labute approximate surface area is 187 Å². The van der Waals surface area contributed by atoms with Crippen LogP contribution in [0.3, 0.4) is 0 Å². The first-order valence-corrected chi connectivity index (χ1v) is 10.3. The summed E-state index contributed by atoms with van der Waals surface area (Å²) in [5, 5.41) is 0. The molecule has 2 aromatic rings. The third-order valence-corrected chi connectivity index (χ3v) is 5.02. The monoisotopic (exact) mass is 437 g/mol. The maximum absolute atomic E-state index is 13.5. The van der Waals surface area contributed by atoms with E-state index in [-0.39, 0.29) is 23.7 Å². The fraction of sp³-hybridized carbons (Fsp3) is 0.280. The van der Waals surface area contributed by atoms with E-state index in [1.54, 1.807) is 76.6 Å². The van der Waals surface area contributed by atoms with Gasteiger partial charge in [0.1, 0.15) is 17.2 Å². The maximum atomic E-state index is 13.5. The Hall–Kier alpha value is -3.74. The summed E-state index contributed by atoms with van der Waals surface area (Å²) < 4.78 is 21.5. The highest BCUT2D eigenvalue weighted by Gasteiger charge is 2.38. The van der Waals surface area contributed by atoms with Gasteiger partial charge in [-0.1, -0.05) is 0 Å². The number of ether oxygens (including phenoxy) is 4. The number of anilines is 1. The van der Waals surface area contributed by atoms with Gasteiger partial charge in [0.2, 0.25) is 0 Å². The summed E-state index contributed by atoms with van der Waals surface area (Å²) in [6.45, 7) is 6.10. The van der Waals surface area contributed by atoms with Crippen molar-refractivity contribution < 1.29 is 28.5 Å². The van der Waals surface area contributed by atoms with E-state index in [0.29, 0.717) is 40.8 Å². The summed E-state index contributed by atoms with van der Waals surface area (Å²) in [5.74, 6) is 0.961. The van der Waals surface area contributed by atoms with Crippen molar-refractivity contribution in [3.8, 4) is 17.2 Å². The Balaban J connectivity index is 2.12. The molecule has 0 aliphatic carbocycles. The van der Waals surface area contributed by atoms with E-state index >= 15 is 0 Å². The first-order valence-electron chi connectivity index (χ1n) is 10.3. The molecule has 0 saturated heterocycles. The molecule has 0 atom stereocenters. The topological polar surface area (TPSA) is 74.3 Å². The largest absolute Gasteiger partial charge is 0.497 e. The molecule has 0 aromatic heterocycles. The van der Waals surface area contributed by atoms with Crippen molar-refractivity contribution in [3.63, 3.8) is 0 Å². The van der Waals surface area contributed by atoms with Crippen molar-refractivity contribution in [1.82, 2.24) is 0 Å². The van der Waals surface area contributed by atoms with E-state index in [1.165, 1.54) is 4.90 Å². The van der Waals surface area contributed by atoms with Crippen molar-refractivity contribution >= 4 is 23.6 Å². The van der Waals surface area contributed by atoms with Gasteiger partial charge in [-0.2, -0.15) is 0 Å². The maximum Gasteiger partial charge on any atom is 0.340 e. The van der Waals surface area contributed by atoms with Gasteiger partial charge < -0.3 is 18.9 Å². The van der Waals surface area contributed by atoms with Crippen LogP contribution >= 0.6 is 0 Å². The highest BCUT2D eigenvalue weighted by atomic mass is 16.5. The Morgan fingerprint density at radius 1 is 0.969 bits per heavy atom. The molecule has 0 saturated carbocycles. The fourth-order valence-electron chi connectivity index (χ4n) is 3.56. The smallest absolute Gasteiger partial charge is 0.340 e. The van der Waals surface area contributed by atoms with Crippen LogP contribution in [-0.4, -0.2) is 39.3 Å².